The lowest BCUT2D eigenvalue weighted by Crippen LogP contribution is -2.63. The SMILES string of the molecule is C[C@@H]1CC[C@@H]([C@@H](C)C(O)(O)C(F)(F)F)[C@@]23CO[C@](C)(CCC12)O3. The Kier molecular flexibility index (Phi) is 3.84. The zero-order chi connectivity index (χ0) is 17.3. The molecule has 6 atom stereocenters. The summed E-state index contributed by atoms with van der Waals surface area (Å²) in [6, 6.07) is 0. The van der Waals surface area contributed by atoms with E-state index in [1.165, 1.54) is 6.92 Å². The van der Waals surface area contributed by atoms with Gasteiger partial charge in [-0.3, -0.25) is 0 Å². The summed E-state index contributed by atoms with van der Waals surface area (Å²) in [4.78, 5) is 0. The predicted molar refractivity (Wildman–Crippen MR) is 75.2 cm³/mol. The lowest BCUT2D eigenvalue weighted by molar-refractivity contribution is -0.382. The Morgan fingerprint density at radius 2 is 1.83 bits per heavy atom. The first-order valence-electron chi connectivity index (χ1n) is 8.28. The van der Waals surface area contributed by atoms with Crippen LogP contribution in [0.3, 0.4) is 0 Å². The van der Waals surface area contributed by atoms with Crippen LogP contribution in [0.1, 0.15) is 46.5 Å². The van der Waals surface area contributed by atoms with Crippen molar-refractivity contribution < 1.29 is 32.9 Å². The summed E-state index contributed by atoms with van der Waals surface area (Å²) >= 11 is 0. The van der Waals surface area contributed by atoms with Crippen LogP contribution in [-0.4, -0.2) is 40.2 Å². The fourth-order valence-electron chi connectivity index (χ4n) is 5.02. The smallest absolute Gasteiger partial charge is 0.358 e. The molecule has 0 amide bonds. The van der Waals surface area contributed by atoms with E-state index in [2.05, 4.69) is 6.92 Å². The lowest BCUT2D eigenvalue weighted by Gasteiger charge is -2.55. The van der Waals surface area contributed by atoms with Gasteiger partial charge in [0, 0.05) is 12.3 Å². The second kappa shape index (κ2) is 5.07. The first-order valence-corrected chi connectivity index (χ1v) is 8.28. The summed E-state index contributed by atoms with van der Waals surface area (Å²) in [6.45, 7) is 5.38. The van der Waals surface area contributed by atoms with Crippen LogP contribution in [-0.2, 0) is 9.47 Å². The van der Waals surface area contributed by atoms with Gasteiger partial charge in [0.2, 0.25) is 0 Å². The van der Waals surface area contributed by atoms with Crippen molar-refractivity contribution in [2.24, 2.45) is 23.7 Å². The van der Waals surface area contributed by atoms with E-state index >= 15 is 0 Å². The maximum Gasteiger partial charge on any atom is 0.443 e. The Balaban J connectivity index is 1.96. The van der Waals surface area contributed by atoms with Crippen LogP contribution in [0.4, 0.5) is 13.2 Å². The van der Waals surface area contributed by atoms with Crippen molar-refractivity contribution in [1.29, 1.82) is 0 Å². The Morgan fingerprint density at radius 1 is 1.17 bits per heavy atom. The topological polar surface area (TPSA) is 58.9 Å². The highest BCUT2D eigenvalue weighted by Gasteiger charge is 2.67. The number of hydrogen-bond donors (Lipinski definition) is 2. The van der Waals surface area contributed by atoms with Crippen LogP contribution in [0.2, 0.25) is 0 Å². The molecule has 7 heteroatoms. The molecule has 3 fully saturated rings. The molecule has 3 rings (SSSR count). The van der Waals surface area contributed by atoms with Gasteiger partial charge in [-0.05, 0) is 43.9 Å². The van der Waals surface area contributed by atoms with Crippen molar-refractivity contribution in [2.75, 3.05) is 6.61 Å². The Labute approximate surface area is 134 Å². The Bertz CT molecular complexity index is 480. The number of hydrogen-bond acceptors (Lipinski definition) is 4. The average Bonchev–Trinajstić information content (AvgIpc) is 2.68. The summed E-state index contributed by atoms with van der Waals surface area (Å²) in [5, 5.41) is 19.5. The minimum Gasteiger partial charge on any atom is -0.358 e. The minimum absolute atomic E-state index is 0.0864. The van der Waals surface area contributed by atoms with E-state index in [4.69, 9.17) is 9.47 Å². The third-order valence-corrected chi connectivity index (χ3v) is 6.45. The standard InChI is InChI=1S/C16H25F3O4/c1-9-4-5-12(10(2)15(20,21)16(17,18)19)14-8-22-13(3,23-14)7-6-11(9)14/h9-12,20-21H,4-8H2,1-3H3/t9-,10-,11?,12+,13+,14-/m1/s1. The minimum atomic E-state index is -5.10. The van der Waals surface area contributed by atoms with Crippen molar-refractivity contribution in [2.45, 2.75) is 69.8 Å². The molecule has 23 heavy (non-hydrogen) atoms. The van der Waals surface area contributed by atoms with Gasteiger partial charge in [0.05, 0.1) is 6.61 Å². The third kappa shape index (κ3) is 2.42. The molecule has 0 aromatic carbocycles. The maximum absolute atomic E-state index is 13.1. The van der Waals surface area contributed by atoms with Crippen LogP contribution in [0.25, 0.3) is 0 Å². The highest BCUT2D eigenvalue weighted by molar-refractivity contribution is 5.09. The highest BCUT2D eigenvalue weighted by Crippen LogP contribution is 2.59. The molecule has 0 radical (unpaired) electrons. The van der Waals surface area contributed by atoms with Gasteiger partial charge in [-0.25, -0.2) is 0 Å². The molecular formula is C16H25F3O4. The van der Waals surface area contributed by atoms with Crippen molar-refractivity contribution in [1.82, 2.24) is 0 Å². The number of fused-ring (bicyclic) bond motifs is 1. The van der Waals surface area contributed by atoms with E-state index in [-0.39, 0.29) is 12.5 Å². The highest BCUT2D eigenvalue weighted by atomic mass is 19.4. The molecule has 2 N–H and O–H groups in total. The third-order valence-electron chi connectivity index (χ3n) is 6.45. The van der Waals surface area contributed by atoms with Crippen LogP contribution >= 0.6 is 0 Å². The quantitative estimate of drug-likeness (QED) is 0.760. The number of alkyl halides is 3. The maximum atomic E-state index is 13.1. The Hall–Kier alpha value is -0.370. The van der Waals surface area contributed by atoms with Gasteiger partial charge < -0.3 is 19.7 Å². The first-order chi connectivity index (χ1) is 10.4. The molecule has 2 heterocycles. The predicted octanol–water partition coefficient (Wildman–Crippen LogP) is 2.82. The van der Waals surface area contributed by atoms with Gasteiger partial charge in [-0.15, -0.1) is 0 Å². The largest absolute Gasteiger partial charge is 0.443 e. The van der Waals surface area contributed by atoms with E-state index in [0.29, 0.717) is 18.8 Å². The molecule has 2 saturated heterocycles. The van der Waals surface area contributed by atoms with Gasteiger partial charge >= 0.3 is 6.18 Å². The van der Waals surface area contributed by atoms with Crippen LogP contribution in [0, 0.1) is 23.7 Å². The number of rotatable bonds is 2. The number of ether oxygens (including phenoxy) is 2. The summed E-state index contributed by atoms with van der Waals surface area (Å²) < 4.78 is 51.2. The molecule has 1 spiro atoms. The van der Waals surface area contributed by atoms with E-state index in [1.807, 2.05) is 6.92 Å². The average molecular weight is 338 g/mol. The normalized spacial score (nSPS) is 45.7. The zero-order valence-electron chi connectivity index (χ0n) is 13.7. The van der Waals surface area contributed by atoms with Crippen LogP contribution in [0.15, 0.2) is 0 Å². The fourth-order valence-corrected chi connectivity index (χ4v) is 5.02. The van der Waals surface area contributed by atoms with Gasteiger partial charge in [-0.2, -0.15) is 13.2 Å². The zero-order valence-corrected chi connectivity index (χ0v) is 13.7. The van der Waals surface area contributed by atoms with Crippen molar-refractivity contribution in [3.63, 3.8) is 0 Å². The fraction of sp³-hybridized carbons (Fsp3) is 1.00. The molecule has 3 aliphatic rings. The monoisotopic (exact) mass is 338 g/mol. The second-order valence-corrected chi connectivity index (χ2v) is 7.80. The van der Waals surface area contributed by atoms with Gasteiger partial charge in [0.25, 0.3) is 5.79 Å². The molecule has 1 aliphatic carbocycles. The van der Waals surface area contributed by atoms with Crippen molar-refractivity contribution >= 4 is 0 Å². The summed E-state index contributed by atoms with van der Waals surface area (Å²) in [5.41, 5.74) is -0.855. The van der Waals surface area contributed by atoms with Crippen LogP contribution < -0.4 is 0 Å². The lowest BCUT2D eigenvalue weighted by atomic mass is 9.58. The van der Waals surface area contributed by atoms with Gasteiger partial charge in [0.1, 0.15) is 5.60 Å². The number of halogens is 3. The molecule has 1 unspecified atom stereocenters. The Morgan fingerprint density at radius 3 is 2.43 bits per heavy atom. The molecular weight excluding hydrogens is 313 g/mol. The van der Waals surface area contributed by atoms with Crippen LogP contribution in [0.5, 0.6) is 0 Å². The summed E-state index contributed by atoms with van der Waals surface area (Å²) in [5.74, 6) is -6.08. The van der Waals surface area contributed by atoms with Gasteiger partial charge in [0.15, 0.2) is 5.79 Å². The van der Waals surface area contributed by atoms with E-state index in [0.717, 1.165) is 12.8 Å². The molecule has 2 aliphatic heterocycles. The first kappa shape index (κ1) is 17.5. The van der Waals surface area contributed by atoms with Gasteiger partial charge in [-0.1, -0.05) is 13.8 Å². The van der Waals surface area contributed by atoms with E-state index in [1.54, 1.807) is 0 Å². The molecule has 2 bridgehead atoms. The van der Waals surface area contributed by atoms with E-state index in [9.17, 15) is 23.4 Å². The molecule has 1 saturated carbocycles. The second-order valence-electron chi connectivity index (χ2n) is 7.80. The van der Waals surface area contributed by atoms with Crippen molar-refractivity contribution in [3.8, 4) is 0 Å². The molecule has 134 valence electrons. The van der Waals surface area contributed by atoms with E-state index < -0.39 is 35.2 Å². The number of aliphatic hydroxyl groups is 2. The molecule has 0 aromatic heterocycles. The molecule has 0 aromatic rings. The summed E-state index contributed by atoms with van der Waals surface area (Å²) in [6.07, 6.45) is -2.32. The summed E-state index contributed by atoms with van der Waals surface area (Å²) in [7, 11) is 0. The molecule has 4 nitrogen and oxygen atoms in total. The van der Waals surface area contributed by atoms with Crippen molar-refractivity contribution in [3.05, 3.63) is 0 Å².